The van der Waals surface area contributed by atoms with Crippen molar-refractivity contribution in [1.82, 2.24) is 0 Å². The summed E-state index contributed by atoms with van der Waals surface area (Å²) in [5, 5.41) is 11.4. The van der Waals surface area contributed by atoms with E-state index in [2.05, 4.69) is 0 Å². The molecule has 4 rings (SSSR count). The molecule has 0 radical (unpaired) electrons. The van der Waals surface area contributed by atoms with Crippen molar-refractivity contribution in [2.75, 3.05) is 0 Å². The zero-order chi connectivity index (χ0) is 13.7. The number of carbonyl (C=O) groups is 1. The molecule has 2 nitrogen and oxygen atoms in total. The van der Waals surface area contributed by atoms with Crippen LogP contribution in [0.2, 0.25) is 0 Å². The molecular weight excluding hydrogens is 248 g/mol. The zero-order valence-electron chi connectivity index (χ0n) is 10.8. The van der Waals surface area contributed by atoms with Crippen molar-refractivity contribution in [3.63, 3.8) is 0 Å². The summed E-state index contributed by atoms with van der Waals surface area (Å²) in [6, 6.07) is 17.4. The van der Waals surface area contributed by atoms with Gasteiger partial charge in [0.1, 0.15) is 0 Å². The summed E-state index contributed by atoms with van der Waals surface area (Å²) >= 11 is 0. The minimum Gasteiger partial charge on any atom is -0.392 e. The standard InChI is InChI=1S/C18H12O2/c19-10-11-8-9-14-13-4-1-2-5-15(13)18(20)16-7-3-6-12(11)17(14)16/h1-9,19H,10H2. The van der Waals surface area contributed by atoms with Gasteiger partial charge < -0.3 is 5.11 Å². The lowest BCUT2D eigenvalue weighted by Gasteiger charge is -2.20. The third-order valence-corrected chi connectivity index (χ3v) is 4.01. The van der Waals surface area contributed by atoms with Crippen LogP contribution in [0.25, 0.3) is 21.9 Å². The number of hydrogen-bond acceptors (Lipinski definition) is 2. The van der Waals surface area contributed by atoms with Gasteiger partial charge in [-0.3, -0.25) is 4.79 Å². The highest BCUT2D eigenvalue weighted by molar-refractivity contribution is 6.26. The molecule has 0 aliphatic heterocycles. The van der Waals surface area contributed by atoms with Crippen LogP contribution in [0.15, 0.2) is 54.6 Å². The maximum atomic E-state index is 12.6. The zero-order valence-corrected chi connectivity index (χ0v) is 10.8. The molecule has 0 spiro atoms. The summed E-state index contributed by atoms with van der Waals surface area (Å²) in [5.41, 5.74) is 4.39. The summed E-state index contributed by atoms with van der Waals surface area (Å²) in [7, 11) is 0. The van der Waals surface area contributed by atoms with Gasteiger partial charge in [-0.05, 0) is 22.1 Å². The molecule has 3 aromatic carbocycles. The Morgan fingerprint density at radius 1 is 0.750 bits per heavy atom. The number of ketones is 1. The van der Waals surface area contributed by atoms with Crippen molar-refractivity contribution in [2.45, 2.75) is 6.61 Å². The molecular formula is C18H12O2. The van der Waals surface area contributed by atoms with Crippen LogP contribution in [-0.4, -0.2) is 10.9 Å². The molecule has 0 saturated heterocycles. The number of fused-ring (bicyclic) bond motifs is 2. The van der Waals surface area contributed by atoms with E-state index in [-0.39, 0.29) is 12.4 Å². The fourth-order valence-electron chi connectivity index (χ4n) is 3.08. The van der Waals surface area contributed by atoms with Gasteiger partial charge in [0.25, 0.3) is 0 Å². The first kappa shape index (κ1) is 11.4. The quantitative estimate of drug-likeness (QED) is 0.568. The van der Waals surface area contributed by atoms with E-state index < -0.39 is 0 Å². The summed E-state index contributed by atoms with van der Waals surface area (Å²) < 4.78 is 0. The topological polar surface area (TPSA) is 37.3 Å². The Morgan fingerprint density at radius 3 is 2.30 bits per heavy atom. The van der Waals surface area contributed by atoms with Crippen LogP contribution in [0.1, 0.15) is 21.5 Å². The second-order valence-corrected chi connectivity index (χ2v) is 5.03. The van der Waals surface area contributed by atoms with Crippen LogP contribution < -0.4 is 0 Å². The van der Waals surface area contributed by atoms with Crippen molar-refractivity contribution < 1.29 is 9.90 Å². The molecule has 0 unspecified atom stereocenters. The lowest BCUT2D eigenvalue weighted by Crippen LogP contribution is -2.10. The van der Waals surface area contributed by atoms with Crippen molar-refractivity contribution in [2.24, 2.45) is 0 Å². The lowest BCUT2D eigenvalue weighted by molar-refractivity contribution is 0.104. The molecule has 2 heteroatoms. The first-order valence-corrected chi connectivity index (χ1v) is 6.61. The fraction of sp³-hybridized carbons (Fsp3) is 0.0556. The van der Waals surface area contributed by atoms with Crippen LogP contribution in [0.4, 0.5) is 0 Å². The minimum absolute atomic E-state index is 0.0178. The molecule has 20 heavy (non-hydrogen) atoms. The van der Waals surface area contributed by atoms with Gasteiger partial charge in [-0.2, -0.15) is 0 Å². The molecule has 3 aromatic rings. The molecule has 0 amide bonds. The Labute approximate surface area is 116 Å². The summed E-state index contributed by atoms with van der Waals surface area (Å²) in [4.78, 5) is 12.6. The Morgan fingerprint density at radius 2 is 1.50 bits per heavy atom. The van der Waals surface area contributed by atoms with E-state index in [0.717, 1.165) is 38.6 Å². The van der Waals surface area contributed by atoms with Gasteiger partial charge in [-0.1, -0.05) is 54.6 Å². The van der Waals surface area contributed by atoms with Gasteiger partial charge in [0.15, 0.2) is 5.78 Å². The Hall–Kier alpha value is -2.45. The molecule has 0 atom stereocenters. The van der Waals surface area contributed by atoms with Gasteiger partial charge in [-0.25, -0.2) is 0 Å². The van der Waals surface area contributed by atoms with E-state index in [1.807, 2.05) is 54.6 Å². The maximum Gasteiger partial charge on any atom is 0.194 e. The van der Waals surface area contributed by atoms with E-state index in [0.29, 0.717) is 0 Å². The van der Waals surface area contributed by atoms with Crippen LogP contribution in [-0.2, 0) is 6.61 Å². The predicted molar refractivity (Wildman–Crippen MR) is 78.7 cm³/mol. The number of aliphatic hydroxyl groups excluding tert-OH is 1. The predicted octanol–water partition coefficient (Wildman–Crippen LogP) is 3.54. The Bertz CT molecular complexity index is 862. The number of rotatable bonds is 1. The normalized spacial score (nSPS) is 12.6. The van der Waals surface area contributed by atoms with Gasteiger partial charge in [0.2, 0.25) is 0 Å². The molecule has 1 N–H and O–H groups in total. The average molecular weight is 260 g/mol. The highest BCUT2D eigenvalue weighted by Gasteiger charge is 2.25. The van der Waals surface area contributed by atoms with Crippen molar-refractivity contribution in [1.29, 1.82) is 0 Å². The summed E-state index contributed by atoms with van der Waals surface area (Å²) in [6.45, 7) is -0.0178. The van der Waals surface area contributed by atoms with Crippen LogP contribution in [0, 0.1) is 0 Å². The number of benzene rings is 3. The van der Waals surface area contributed by atoms with E-state index in [1.54, 1.807) is 0 Å². The molecule has 96 valence electrons. The lowest BCUT2D eigenvalue weighted by atomic mass is 9.82. The Kier molecular flexibility index (Phi) is 2.29. The Balaban J connectivity index is 2.23. The van der Waals surface area contributed by atoms with Gasteiger partial charge in [0.05, 0.1) is 6.61 Å². The van der Waals surface area contributed by atoms with Crippen LogP contribution >= 0.6 is 0 Å². The summed E-state index contributed by atoms with van der Waals surface area (Å²) in [5.74, 6) is 0.0637. The molecule has 0 heterocycles. The third-order valence-electron chi connectivity index (χ3n) is 4.01. The van der Waals surface area contributed by atoms with Crippen molar-refractivity contribution in [3.8, 4) is 11.1 Å². The van der Waals surface area contributed by atoms with Crippen molar-refractivity contribution >= 4 is 16.6 Å². The van der Waals surface area contributed by atoms with Crippen LogP contribution in [0.3, 0.4) is 0 Å². The highest BCUT2D eigenvalue weighted by Crippen LogP contribution is 2.40. The number of aliphatic hydroxyl groups is 1. The van der Waals surface area contributed by atoms with E-state index in [1.165, 1.54) is 0 Å². The highest BCUT2D eigenvalue weighted by atomic mass is 16.3. The van der Waals surface area contributed by atoms with Gasteiger partial charge in [-0.15, -0.1) is 0 Å². The molecule has 0 saturated carbocycles. The maximum absolute atomic E-state index is 12.6. The van der Waals surface area contributed by atoms with Crippen LogP contribution in [0.5, 0.6) is 0 Å². The first-order chi connectivity index (χ1) is 9.81. The van der Waals surface area contributed by atoms with E-state index >= 15 is 0 Å². The largest absolute Gasteiger partial charge is 0.392 e. The SMILES string of the molecule is O=C1c2ccccc2-c2ccc(CO)c3cccc1c23. The smallest absolute Gasteiger partial charge is 0.194 e. The molecule has 0 aromatic heterocycles. The fourth-order valence-corrected chi connectivity index (χ4v) is 3.08. The average Bonchev–Trinajstić information content (AvgIpc) is 2.52. The molecule has 0 fully saturated rings. The second kappa shape index (κ2) is 4.02. The minimum atomic E-state index is -0.0178. The van der Waals surface area contributed by atoms with E-state index in [4.69, 9.17) is 0 Å². The monoisotopic (exact) mass is 260 g/mol. The first-order valence-electron chi connectivity index (χ1n) is 6.61. The molecule has 1 aliphatic carbocycles. The molecule has 0 bridgehead atoms. The molecule has 1 aliphatic rings. The second-order valence-electron chi connectivity index (χ2n) is 5.03. The van der Waals surface area contributed by atoms with E-state index in [9.17, 15) is 9.90 Å². The van der Waals surface area contributed by atoms with Crippen molar-refractivity contribution in [3.05, 3.63) is 71.3 Å². The van der Waals surface area contributed by atoms with Gasteiger partial charge in [0, 0.05) is 16.5 Å². The van der Waals surface area contributed by atoms with Gasteiger partial charge >= 0.3 is 0 Å². The third kappa shape index (κ3) is 1.34. The summed E-state index contributed by atoms with van der Waals surface area (Å²) in [6.07, 6.45) is 0. The number of carbonyl (C=O) groups excluding carboxylic acids is 1. The number of hydrogen-bond donors (Lipinski definition) is 1.